The van der Waals surface area contributed by atoms with Gasteiger partial charge >= 0.3 is 6.18 Å². The maximum absolute atomic E-state index is 11.6. The van der Waals surface area contributed by atoms with Crippen LogP contribution in [0.2, 0.25) is 0 Å². The van der Waals surface area contributed by atoms with E-state index in [0.29, 0.717) is 13.0 Å². The highest BCUT2D eigenvalue weighted by atomic mass is 32.1. The van der Waals surface area contributed by atoms with Crippen LogP contribution in [0.25, 0.3) is 0 Å². The van der Waals surface area contributed by atoms with Gasteiger partial charge in [-0.25, -0.2) is 5.48 Å². The van der Waals surface area contributed by atoms with Crippen LogP contribution >= 0.6 is 11.3 Å². The van der Waals surface area contributed by atoms with E-state index in [1.807, 2.05) is 16.8 Å². The molecule has 6 heteroatoms. The highest BCUT2D eigenvalue weighted by Gasteiger charge is 2.27. The van der Waals surface area contributed by atoms with E-state index in [4.69, 9.17) is 0 Å². The third-order valence-corrected chi connectivity index (χ3v) is 2.17. The lowest BCUT2D eigenvalue weighted by atomic mass is 10.2. The first kappa shape index (κ1) is 11.5. The number of alkyl halides is 3. The molecule has 2 nitrogen and oxygen atoms in total. The molecule has 0 radical (unpaired) electrons. The Kier molecular flexibility index (Phi) is 4.37. The van der Waals surface area contributed by atoms with Crippen molar-refractivity contribution in [2.45, 2.75) is 12.6 Å². The SMILES string of the molecule is FC(F)(F)CONCCc1ccsc1. The molecule has 0 saturated carbocycles. The van der Waals surface area contributed by atoms with E-state index in [9.17, 15) is 13.2 Å². The summed E-state index contributed by atoms with van der Waals surface area (Å²) >= 11 is 1.56. The molecule has 1 aromatic rings. The van der Waals surface area contributed by atoms with Gasteiger partial charge in [0.25, 0.3) is 0 Å². The molecule has 80 valence electrons. The summed E-state index contributed by atoms with van der Waals surface area (Å²) in [6, 6.07) is 1.93. The zero-order valence-corrected chi connectivity index (χ0v) is 8.12. The topological polar surface area (TPSA) is 21.3 Å². The van der Waals surface area contributed by atoms with E-state index in [0.717, 1.165) is 5.56 Å². The van der Waals surface area contributed by atoms with E-state index >= 15 is 0 Å². The highest BCUT2D eigenvalue weighted by molar-refractivity contribution is 7.07. The second kappa shape index (κ2) is 5.33. The lowest BCUT2D eigenvalue weighted by Gasteiger charge is -2.07. The summed E-state index contributed by atoms with van der Waals surface area (Å²) in [6.07, 6.45) is -3.60. The molecule has 0 spiro atoms. The van der Waals surface area contributed by atoms with Crippen molar-refractivity contribution in [3.8, 4) is 0 Å². The number of hydroxylamine groups is 1. The number of halogens is 3. The van der Waals surface area contributed by atoms with Gasteiger partial charge in [-0.15, -0.1) is 0 Å². The van der Waals surface area contributed by atoms with Gasteiger partial charge in [-0.05, 0) is 28.8 Å². The van der Waals surface area contributed by atoms with Gasteiger partial charge in [0.2, 0.25) is 0 Å². The molecule has 0 aliphatic carbocycles. The first-order valence-corrected chi connectivity index (χ1v) is 4.95. The molecule has 14 heavy (non-hydrogen) atoms. The van der Waals surface area contributed by atoms with Crippen molar-refractivity contribution in [2.75, 3.05) is 13.2 Å². The third kappa shape index (κ3) is 5.21. The second-order valence-corrected chi connectivity index (χ2v) is 3.46. The lowest BCUT2D eigenvalue weighted by Crippen LogP contribution is -2.26. The first-order chi connectivity index (χ1) is 6.58. The van der Waals surface area contributed by atoms with Crippen LogP contribution in [-0.2, 0) is 11.3 Å². The number of rotatable bonds is 5. The predicted octanol–water partition coefficient (Wildman–Crippen LogP) is 2.37. The zero-order chi connectivity index (χ0) is 10.4. The minimum atomic E-state index is -4.27. The fourth-order valence-electron chi connectivity index (χ4n) is 0.835. The van der Waals surface area contributed by atoms with Gasteiger partial charge in [-0.3, -0.25) is 4.84 Å². The molecule has 1 heterocycles. The van der Waals surface area contributed by atoms with E-state index in [2.05, 4.69) is 10.3 Å². The van der Waals surface area contributed by atoms with Crippen LogP contribution in [0.1, 0.15) is 5.56 Å². The quantitative estimate of drug-likeness (QED) is 0.613. The van der Waals surface area contributed by atoms with Crippen molar-refractivity contribution in [1.29, 1.82) is 0 Å². The van der Waals surface area contributed by atoms with Crippen molar-refractivity contribution < 1.29 is 18.0 Å². The van der Waals surface area contributed by atoms with Gasteiger partial charge in [0.15, 0.2) is 6.61 Å². The number of nitrogens with one attached hydrogen (secondary N) is 1. The average molecular weight is 225 g/mol. The molecule has 0 fully saturated rings. The Morgan fingerprint density at radius 1 is 1.43 bits per heavy atom. The average Bonchev–Trinajstić information content (AvgIpc) is 2.54. The minimum Gasteiger partial charge on any atom is -0.292 e. The molecule has 1 rings (SSSR count). The largest absolute Gasteiger partial charge is 0.413 e. The summed E-state index contributed by atoms with van der Waals surface area (Å²) in [7, 11) is 0. The van der Waals surface area contributed by atoms with Crippen molar-refractivity contribution >= 4 is 11.3 Å². The Balaban J connectivity index is 2.00. The Labute approximate surface area is 83.6 Å². The smallest absolute Gasteiger partial charge is 0.292 e. The fourth-order valence-corrected chi connectivity index (χ4v) is 1.54. The molecular formula is C8H10F3NOS. The van der Waals surface area contributed by atoms with Crippen LogP contribution in [0.3, 0.4) is 0 Å². The van der Waals surface area contributed by atoms with Crippen LogP contribution in [-0.4, -0.2) is 19.3 Å². The molecular weight excluding hydrogens is 215 g/mol. The molecule has 1 aromatic heterocycles. The molecule has 0 atom stereocenters. The van der Waals surface area contributed by atoms with E-state index in [1.54, 1.807) is 11.3 Å². The summed E-state index contributed by atoms with van der Waals surface area (Å²) in [5.41, 5.74) is 3.36. The Morgan fingerprint density at radius 2 is 2.21 bits per heavy atom. The summed E-state index contributed by atoms with van der Waals surface area (Å²) in [5.74, 6) is 0. The van der Waals surface area contributed by atoms with Gasteiger partial charge in [0.1, 0.15) is 0 Å². The van der Waals surface area contributed by atoms with Crippen molar-refractivity contribution in [3.63, 3.8) is 0 Å². The molecule has 0 aliphatic rings. The van der Waals surface area contributed by atoms with Gasteiger partial charge in [0.05, 0.1) is 0 Å². The third-order valence-electron chi connectivity index (χ3n) is 1.43. The molecule has 1 N–H and O–H groups in total. The highest BCUT2D eigenvalue weighted by Crippen LogP contribution is 2.13. The van der Waals surface area contributed by atoms with Crippen LogP contribution < -0.4 is 5.48 Å². The predicted molar refractivity (Wildman–Crippen MR) is 48.0 cm³/mol. The molecule has 0 saturated heterocycles. The number of thiophene rings is 1. The van der Waals surface area contributed by atoms with Crippen LogP contribution in [0.5, 0.6) is 0 Å². The Bertz CT molecular complexity index is 248. The number of hydrogen-bond donors (Lipinski definition) is 1. The first-order valence-electron chi connectivity index (χ1n) is 4.00. The molecule has 0 unspecified atom stereocenters. The van der Waals surface area contributed by atoms with Crippen LogP contribution in [0.15, 0.2) is 16.8 Å². The van der Waals surface area contributed by atoms with Crippen molar-refractivity contribution in [3.05, 3.63) is 22.4 Å². The monoisotopic (exact) mass is 225 g/mol. The van der Waals surface area contributed by atoms with E-state index in [-0.39, 0.29) is 0 Å². The Hall–Kier alpha value is -0.590. The molecule has 0 aromatic carbocycles. The zero-order valence-electron chi connectivity index (χ0n) is 7.30. The van der Waals surface area contributed by atoms with Crippen molar-refractivity contribution in [2.24, 2.45) is 0 Å². The summed E-state index contributed by atoms with van der Waals surface area (Å²) < 4.78 is 34.8. The van der Waals surface area contributed by atoms with Crippen molar-refractivity contribution in [1.82, 2.24) is 5.48 Å². The number of hydrogen-bond acceptors (Lipinski definition) is 3. The van der Waals surface area contributed by atoms with E-state index < -0.39 is 12.8 Å². The second-order valence-electron chi connectivity index (χ2n) is 2.68. The van der Waals surface area contributed by atoms with Gasteiger partial charge in [0, 0.05) is 6.54 Å². The van der Waals surface area contributed by atoms with Crippen LogP contribution in [0, 0.1) is 0 Å². The van der Waals surface area contributed by atoms with Gasteiger partial charge in [-0.1, -0.05) is 0 Å². The minimum absolute atomic E-state index is 0.382. The molecule has 0 bridgehead atoms. The standard InChI is InChI=1S/C8H10F3NOS/c9-8(10,11)6-13-12-3-1-7-2-4-14-5-7/h2,4-5,12H,1,3,6H2. The summed E-state index contributed by atoms with van der Waals surface area (Å²) in [5, 5.41) is 3.87. The molecule has 0 amide bonds. The maximum atomic E-state index is 11.6. The maximum Gasteiger partial charge on any atom is 0.413 e. The fraction of sp³-hybridized carbons (Fsp3) is 0.500. The van der Waals surface area contributed by atoms with Gasteiger partial charge in [-0.2, -0.15) is 24.5 Å². The van der Waals surface area contributed by atoms with Gasteiger partial charge < -0.3 is 0 Å². The van der Waals surface area contributed by atoms with E-state index in [1.165, 1.54) is 0 Å². The normalized spacial score (nSPS) is 11.9. The summed E-state index contributed by atoms with van der Waals surface area (Å²) in [4.78, 5) is 4.22. The lowest BCUT2D eigenvalue weighted by molar-refractivity contribution is -0.189. The Morgan fingerprint density at radius 3 is 2.79 bits per heavy atom. The van der Waals surface area contributed by atoms with Crippen LogP contribution in [0.4, 0.5) is 13.2 Å². The molecule has 0 aliphatic heterocycles. The summed E-state index contributed by atoms with van der Waals surface area (Å²) in [6.45, 7) is -0.872.